The lowest BCUT2D eigenvalue weighted by Crippen LogP contribution is -2.10. The van der Waals surface area contributed by atoms with Gasteiger partial charge >= 0.3 is 5.97 Å². The second kappa shape index (κ2) is 4.23. The summed E-state index contributed by atoms with van der Waals surface area (Å²) in [6.07, 6.45) is 0.147. The van der Waals surface area contributed by atoms with Gasteiger partial charge in [-0.05, 0) is 21.5 Å². The van der Waals surface area contributed by atoms with Gasteiger partial charge in [-0.2, -0.15) is 0 Å². The molecule has 1 rings (SSSR count). The molecule has 0 saturated heterocycles. The first-order valence-electron chi connectivity index (χ1n) is 3.58. The Balaban J connectivity index is 2.90. The normalized spacial score (nSPS) is 9.69. The second-order valence-electron chi connectivity index (χ2n) is 2.41. The van der Waals surface area contributed by atoms with Crippen molar-refractivity contribution >= 4 is 21.9 Å². The maximum Gasteiger partial charge on any atom is 0.310 e. The van der Waals surface area contributed by atoms with Gasteiger partial charge in [0.05, 0.1) is 18.1 Å². The Labute approximate surface area is 83.1 Å². The molecule has 0 bridgehead atoms. The summed E-state index contributed by atoms with van der Waals surface area (Å²) in [6, 6.07) is 2.95. The van der Waals surface area contributed by atoms with E-state index in [9.17, 15) is 9.59 Å². The lowest BCUT2D eigenvalue weighted by Gasteiger charge is -2.01. The molecule has 0 aliphatic rings. The van der Waals surface area contributed by atoms with Gasteiger partial charge in [-0.15, -0.1) is 0 Å². The topological polar surface area (TPSA) is 59.2 Å². The third-order valence-electron chi connectivity index (χ3n) is 1.51. The van der Waals surface area contributed by atoms with Crippen molar-refractivity contribution in [2.24, 2.45) is 0 Å². The zero-order valence-electron chi connectivity index (χ0n) is 6.96. The summed E-state index contributed by atoms with van der Waals surface area (Å²) in [5, 5.41) is 0. The molecular formula is C8H8BrNO3. The molecule has 1 N–H and O–H groups in total. The highest BCUT2D eigenvalue weighted by Crippen LogP contribution is 2.11. The molecule has 0 amide bonds. The zero-order chi connectivity index (χ0) is 9.84. The first-order chi connectivity index (χ1) is 6.13. The van der Waals surface area contributed by atoms with Gasteiger partial charge in [0.1, 0.15) is 0 Å². The number of aromatic amines is 1. The van der Waals surface area contributed by atoms with E-state index in [0.29, 0.717) is 10.2 Å². The van der Waals surface area contributed by atoms with Gasteiger partial charge < -0.3 is 9.72 Å². The number of pyridine rings is 1. The Morgan fingerprint density at radius 1 is 1.62 bits per heavy atom. The largest absolute Gasteiger partial charge is 0.469 e. The van der Waals surface area contributed by atoms with Crippen LogP contribution in [-0.4, -0.2) is 18.1 Å². The lowest BCUT2D eigenvalue weighted by atomic mass is 10.2. The molecule has 5 heteroatoms. The van der Waals surface area contributed by atoms with Crippen LogP contribution in [0.15, 0.2) is 21.5 Å². The second-order valence-corrected chi connectivity index (χ2v) is 3.21. The van der Waals surface area contributed by atoms with Gasteiger partial charge in [-0.3, -0.25) is 9.59 Å². The molecule has 0 atom stereocenters. The summed E-state index contributed by atoms with van der Waals surface area (Å²) in [7, 11) is 1.32. The standard InChI is InChI=1S/C8H8BrNO3/c1-13-7(12)4-5-2-3-6(11)10-8(5)9/h2-3H,4H2,1H3,(H,10,11). The van der Waals surface area contributed by atoms with Crippen LogP contribution in [0.1, 0.15) is 5.56 Å². The number of methoxy groups -OCH3 is 1. The van der Waals surface area contributed by atoms with E-state index >= 15 is 0 Å². The molecule has 0 aliphatic carbocycles. The Hall–Kier alpha value is -1.10. The molecule has 0 aliphatic heterocycles. The number of carbonyl (C=O) groups excluding carboxylic acids is 1. The fraction of sp³-hybridized carbons (Fsp3) is 0.250. The van der Waals surface area contributed by atoms with Gasteiger partial charge in [0.15, 0.2) is 0 Å². The molecule has 4 nitrogen and oxygen atoms in total. The maximum atomic E-state index is 10.9. The van der Waals surface area contributed by atoms with E-state index in [-0.39, 0.29) is 17.9 Å². The molecule has 70 valence electrons. The molecule has 0 radical (unpaired) electrons. The van der Waals surface area contributed by atoms with Crippen molar-refractivity contribution in [2.45, 2.75) is 6.42 Å². The number of aromatic nitrogens is 1. The van der Waals surface area contributed by atoms with Gasteiger partial charge in [0.25, 0.3) is 0 Å². The van der Waals surface area contributed by atoms with Crippen molar-refractivity contribution in [3.05, 3.63) is 32.7 Å². The SMILES string of the molecule is COC(=O)Cc1ccc(=O)[nH]c1Br. The van der Waals surface area contributed by atoms with Gasteiger partial charge in [-0.1, -0.05) is 6.07 Å². The number of hydrogen-bond acceptors (Lipinski definition) is 3. The quantitative estimate of drug-likeness (QED) is 0.621. The molecule has 1 heterocycles. The average Bonchev–Trinajstić information content (AvgIpc) is 2.09. The highest BCUT2D eigenvalue weighted by Gasteiger charge is 2.06. The van der Waals surface area contributed by atoms with Crippen LogP contribution in [0.4, 0.5) is 0 Å². The number of ether oxygens (including phenoxy) is 1. The van der Waals surface area contributed by atoms with E-state index in [2.05, 4.69) is 25.7 Å². The number of rotatable bonds is 2. The Morgan fingerprint density at radius 2 is 2.31 bits per heavy atom. The molecule has 0 spiro atoms. The van der Waals surface area contributed by atoms with E-state index in [4.69, 9.17) is 0 Å². The van der Waals surface area contributed by atoms with Gasteiger partial charge in [0.2, 0.25) is 5.56 Å². The number of carbonyl (C=O) groups is 1. The zero-order valence-corrected chi connectivity index (χ0v) is 8.55. The van der Waals surface area contributed by atoms with Crippen LogP contribution in [0.25, 0.3) is 0 Å². The van der Waals surface area contributed by atoms with Crippen LogP contribution in [0.5, 0.6) is 0 Å². The number of esters is 1. The van der Waals surface area contributed by atoms with E-state index in [1.165, 1.54) is 13.2 Å². The smallest absolute Gasteiger partial charge is 0.310 e. The third-order valence-corrected chi connectivity index (χ3v) is 2.22. The predicted octanol–water partition coefficient (Wildman–Crippen LogP) is 0.853. The molecule has 0 unspecified atom stereocenters. The van der Waals surface area contributed by atoms with Crippen LogP contribution < -0.4 is 5.56 Å². The molecule has 0 fully saturated rings. The number of H-pyrrole nitrogens is 1. The minimum absolute atomic E-state index is 0.147. The van der Waals surface area contributed by atoms with Gasteiger partial charge in [-0.25, -0.2) is 0 Å². The van der Waals surface area contributed by atoms with Crippen molar-refractivity contribution in [2.75, 3.05) is 7.11 Å². The van der Waals surface area contributed by atoms with E-state index in [1.807, 2.05) is 0 Å². The highest BCUT2D eigenvalue weighted by atomic mass is 79.9. The summed E-state index contributed by atoms with van der Waals surface area (Å²) in [5.41, 5.74) is 0.493. The predicted molar refractivity (Wildman–Crippen MR) is 50.5 cm³/mol. The van der Waals surface area contributed by atoms with Crippen molar-refractivity contribution in [1.82, 2.24) is 4.98 Å². The fourth-order valence-corrected chi connectivity index (χ4v) is 1.31. The maximum absolute atomic E-state index is 10.9. The summed E-state index contributed by atoms with van der Waals surface area (Å²) < 4.78 is 5.01. The molecule has 1 aromatic heterocycles. The monoisotopic (exact) mass is 245 g/mol. The average molecular weight is 246 g/mol. The van der Waals surface area contributed by atoms with Crippen LogP contribution in [0, 0.1) is 0 Å². The van der Waals surface area contributed by atoms with Crippen molar-refractivity contribution < 1.29 is 9.53 Å². The Kier molecular flexibility index (Phi) is 3.25. The first-order valence-corrected chi connectivity index (χ1v) is 4.37. The summed E-state index contributed by atoms with van der Waals surface area (Å²) in [6.45, 7) is 0. The molecule has 0 aromatic carbocycles. The molecule has 0 saturated carbocycles. The first kappa shape index (κ1) is 9.98. The Bertz CT molecular complexity index is 372. The summed E-state index contributed by atoms with van der Waals surface area (Å²) >= 11 is 3.14. The van der Waals surface area contributed by atoms with E-state index < -0.39 is 0 Å². The van der Waals surface area contributed by atoms with Crippen molar-refractivity contribution in [3.63, 3.8) is 0 Å². The summed E-state index contributed by atoms with van der Waals surface area (Å²) in [4.78, 5) is 24.2. The lowest BCUT2D eigenvalue weighted by molar-refractivity contribution is -0.139. The van der Waals surface area contributed by atoms with Gasteiger partial charge in [0, 0.05) is 6.07 Å². The third kappa shape index (κ3) is 2.69. The minimum atomic E-state index is -0.340. The number of hydrogen-bond donors (Lipinski definition) is 1. The minimum Gasteiger partial charge on any atom is -0.469 e. The van der Waals surface area contributed by atoms with Crippen LogP contribution >= 0.6 is 15.9 Å². The molecule has 1 aromatic rings. The van der Waals surface area contributed by atoms with E-state index in [1.54, 1.807) is 6.07 Å². The molecular weight excluding hydrogens is 238 g/mol. The Morgan fingerprint density at radius 3 is 2.85 bits per heavy atom. The van der Waals surface area contributed by atoms with E-state index in [0.717, 1.165) is 0 Å². The van der Waals surface area contributed by atoms with Crippen molar-refractivity contribution in [1.29, 1.82) is 0 Å². The van der Waals surface area contributed by atoms with Crippen LogP contribution in [0.3, 0.4) is 0 Å². The van der Waals surface area contributed by atoms with Crippen molar-refractivity contribution in [3.8, 4) is 0 Å². The highest BCUT2D eigenvalue weighted by molar-refractivity contribution is 9.10. The number of nitrogens with one attached hydrogen (secondary N) is 1. The number of halogens is 1. The fourth-order valence-electron chi connectivity index (χ4n) is 0.844. The van der Waals surface area contributed by atoms with Crippen LogP contribution in [0.2, 0.25) is 0 Å². The molecule has 13 heavy (non-hydrogen) atoms. The summed E-state index contributed by atoms with van der Waals surface area (Å²) in [5.74, 6) is -0.340. The van der Waals surface area contributed by atoms with Crippen LogP contribution in [-0.2, 0) is 16.0 Å².